The molecular weight excluding hydrogens is 458 g/mol. The molecule has 2 aromatic rings. The van der Waals surface area contributed by atoms with Crippen molar-refractivity contribution in [3.8, 4) is 5.75 Å². The first-order valence-corrected chi connectivity index (χ1v) is 12.0. The molecule has 1 fully saturated rings. The first-order valence-electron chi connectivity index (χ1n) is 9.72. The van der Waals surface area contributed by atoms with Gasteiger partial charge in [-0.1, -0.05) is 0 Å². The van der Waals surface area contributed by atoms with E-state index in [4.69, 9.17) is 15.2 Å². The van der Waals surface area contributed by atoms with Gasteiger partial charge in [0.1, 0.15) is 15.6 Å². The van der Waals surface area contributed by atoms with Gasteiger partial charge >= 0.3 is 5.97 Å². The Hall–Kier alpha value is -2.96. The van der Waals surface area contributed by atoms with Crippen LogP contribution in [0, 0.1) is 0 Å². The third-order valence-corrected chi connectivity index (χ3v) is 7.65. The van der Waals surface area contributed by atoms with E-state index in [1.165, 1.54) is 42.6 Å². The van der Waals surface area contributed by atoms with E-state index in [2.05, 4.69) is 5.32 Å². The number of hydrogen-bond donors (Lipinski definition) is 2. The summed E-state index contributed by atoms with van der Waals surface area (Å²) in [4.78, 5) is 36.3. The fourth-order valence-electron chi connectivity index (χ4n) is 3.17. The second kappa shape index (κ2) is 9.67. The maximum Gasteiger partial charge on any atom is 0.338 e. The normalized spacial score (nSPS) is 15.2. The summed E-state index contributed by atoms with van der Waals surface area (Å²) in [5, 5.41) is 4.33. The summed E-state index contributed by atoms with van der Waals surface area (Å²) in [5.74, 6) is -2.14. The summed E-state index contributed by atoms with van der Waals surface area (Å²) in [6.45, 7) is 2.15. The second-order valence-corrected chi connectivity index (χ2v) is 9.86. The van der Waals surface area contributed by atoms with Crippen LogP contribution in [0.1, 0.15) is 40.5 Å². The molecule has 1 aromatic heterocycles. The molecule has 32 heavy (non-hydrogen) atoms. The lowest BCUT2D eigenvalue weighted by Gasteiger charge is -2.18. The Bertz CT molecular complexity index is 1140. The van der Waals surface area contributed by atoms with Crippen LogP contribution in [0.5, 0.6) is 5.75 Å². The van der Waals surface area contributed by atoms with Crippen LogP contribution in [0.15, 0.2) is 34.5 Å². The van der Waals surface area contributed by atoms with Crippen LogP contribution in [-0.2, 0) is 19.6 Å². The maximum atomic E-state index is 13.0. The molecule has 2 heterocycles. The van der Waals surface area contributed by atoms with Crippen molar-refractivity contribution in [3.05, 3.63) is 40.8 Å². The third kappa shape index (κ3) is 4.92. The molecule has 0 bridgehead atoms. The Morgan fingerprint density at radius 1 is 1.19 bits per heavy atom. The summed E-state index contributed by atoms with van der Waals surface area (Å²) in [7, 11) is -2.51. The van der Waals surface area contributed by atoms with Crippen LogP contribution in [0.2, 0.25) is 0 Å². The number of nitrogens with two attached hydrogens (primary N) is 1. The zero-order chi connectivity index (χ0) is 23.5. The number of ether oxygens (including phenoxy) is 2. The third-order valence-electron chi connectivity index (χ3n) is 4.90. The highest BCUT2D eigenvalue weighted by Gasteiger charge is 2.31. The molecule has 3 N–H and O–H groups in total. The van der Waals surface area contributed by atoms with Gasteiger partial charge < -0.3 is 20.5 Å². The van der Waals surface area contributed by atoms with E-state index in [1.54, 1.807) is 5.38 Å². The lowest BCUT2D eigenvalue weighted by atomic mass is 10.2. The number of benzene rings is 1. The van der Waals surface area contributed by atoms with Gasteiger partial charge in [0.25, 0.3) is 11.8 Å². The fraction of sp³-hybridized carbons (Fsp3) is 0.350. The minimum Gasteiger partial charge on any atom is -0.495 e. The van der Waals surface area contributed by atoms with E-state index in [0.717, 1.165) is 24.2 Å². The smallest absolute Gasteiger partial charge is 0.338 e. The molecule has 3 rings (SSSR count). The Morgan fingerprint density at radius 3 is 2.50 bits per heavy atom. The van der Waals surface area contributed by atoms with Crippen molar-refractivity contribution in [2.24, 2.45) is 5.73 Å². The van der Waals surface area contributed by atoms with Crippen LogP contribution in [0.25, 0.3) is 0 Å². The molecule has 1 aromatic carbocycles. The zero-order valence-electron chi connectivity index (χ0n) is 17.5. The first-order chi connectivity index (χ1) is 15.1. The molecule has 12 heteroatoms. The minimum atomic E-state index is -3.85. The summed E-state index contributed by atoms with van der Waals surface area (Å²) in [6, 6.07) is 5.39. The number of carbonyl (C=O) groups is 3. The number of methoxy groups -OCH3 is 1. The van der Waals surface area contributed by atoms with E-state index < -0.39 is 33.9 Å². The number of nitrogens with zero attached hydrogens (tertiary/aromatic N) is 1. The number of thiophene rings is 1. The van der Waals surface area contributed by atoms with Crippen LogP contribution < -0.4 is 15.8 Å². The molecule has 1 atom stereocenters. The summed E-state index contributed by atoms with van der Waals surface area (Å²) in [6.07, 6.45) is 0.306. The Morgan fingerprint density at radius 2 is 1.88 bits per heavy atom. The second-order valence-electron chi connectivity index (χ2n) is 7.04. The molecule has 0 aliphatic carbocycles. The molecule has 0 spiro atoms. The van der Waals surface area contributed by atoms with Gasteiger partial charge in [-0.05, 0) is 49.4 Å². The average molecular weight is 482 g/mol. The van der Waals surface area contributed by atoms with Gasteiger partial charge in [-0.3, -0.25) is 9.59 Å². The van der Waals surface area contributed by atoms with Crippen LogP contribution in [0.3, 0.4) is 0 Å². The summed E-state index contributed by atoms with van der Waals surface area (Å²) < 4.78 is 37.7. The van der Waals surface area contributed by atoms with Gasteiger partial charge in [-0.2, -0.15) is 4.31 Å². The monoisotopic (exact) mass is 481 g/mol. The van der Waals surface area contributed by atoms with Crippen molar-refractivity contribution in [3.63, 3.8) is 0 Å². The van der Waals surface area contributed by atoms with Crippen molar-refractivity contribution in [2.75, 3.05) is 25.5 Å². The number of carbonyl (C=O) groups excluding carboxylic acids is 3. The van der Waals surface area contributed by atoms with Crippen molar-refractivity contribution in [1.82, 2.24) is 4.31 Å². The van der Waals surface area contributed by atoms with Crippen LogP contribution in [-0.4, -0.2) is 56.8 Å². The predicted octanol–water partition coefficient (Wildman–Crippen LogP) is 1.82. The van der Waals surface area contributed by atoms with Crippen LogP contribution >= 0.6 is 11.3 Å². The molecule has 2 amide bonds. The van der Waals surface area contributed by atoms with Gasteiger partial charge in [-0.15, -0.1) is 11.3 Å². The van der Waals surface area contributed by atoms with E-state index in [0.29, 0.717) is 13.1 Å². The highest BCUT2D eigenvalue weighted by atomic mass is 32.2. The SMILES string of the molecule is COc1ccc(C(=O)O[C@H](C)C(=O)Nc2sccc2C(N)=O)cc1S(=O)(=O)N1CCCC1. The molecule has 0 radical (unpaired) electrons. The number of hydrogen-bond acceptors (Lipinski definition) is 8. The highest BCUT2D eigenvalue weighted by Crippen LogP contribution is 2.30. The van der Waals surface area contributed by atoms with E-state index >= 15 is 0 Å². The van der Waals surface area contributed by atoms with Gasteiger partial charge in [-0.25, -0.2) is 13.2 Å². The Kier molecular flexibility index (Phi) is 7.16. The Labute approximate surface area is 189 Å². The lowest BCUT2D eigenvalue weighted by molar-refractivity contribution is -0.123. The number of rotatable bonds is 8. The first kappa shape index (κ1) is 23.7. The standard InChI is InChI=1S/C20H23N3O7S2/c1-12(18(25)22-19-14(17(21)24)7-10-31-19)30-20(26)13-5-6-15(29-2)16(11-13)32(27,28)23-8-3-4-9-23/h5-7,10-12H,3-4,8-9H2,1-2H3,(H2,21,24)(H,22,25)/t12-/m1/s1. The Balaban J connectivity index is 1.76. The van der Waals surface area contributed by atoms with E-state index in [1.807, 2.05) is 0 Å². The predicted molar refractivity (Wildman–Crippen MR) is 117 cm³/mol. The van der Waals surface area contributed by atoms with Gasteiger partial charge in [0.15, 0.2) is 6.10 Å². The van der Waals surface area contributed by atoms with Crippen molar-refractivity contribution in [2.45, 2.75) is 30.8 Å². The van der Waals surface area contributed by atoms with Gasteiger partial charge in [0.05, 0.1) is 18.2 Å². The van der Waals surface area contributed by atoms with Gasteiger partial charge in [0.2, 0.25) is 10.0 Å². The van der Waals surface area contributed by atoms with Crippen molar-refractivity contribution < 1.29 is 32.3 Å². The number of anilines is 1. The largest absolute Gasteiger partial charge is 0.495 e. The summed E-state index contributed by atoms with van der Waals surface area (Å²) >= 11 is 1.10. The number of nitrogens with one attached hydrogen (secondary N) is 1. The number of esters is 1. The molecule has 172 valence electrons. The molecule has 1 aliphatic rings. The van der Waals surface area contributed by atoms with Gasteiger partial charge in [0, 0.05) is 13.1 Å². The van der Waals surface area contributed by atoms with Crippen molar-refractivity contribution in [1.29, 1.82) is 0 Å². The minimum absolute atomic E-state index is 0.0443. The summed E-state index contributed by atoms with van der Waals surface area (Å²) in [5.41, 5.74) is 5.36. The number of primary amides is 1. The number of sulfonamides is 1. The number of amides is 2. The van der Waals surface area contributed by atoms with E-state index in [9.17, 15) is 22.8 Å². The molecule has 0 unspecified atom stereocenters. The molecule has 1 aliphatic heterocycles. The molecular formula is C20H23N3O7S2. The maximum absolute atomic E-state index is 13.0. The molecule has 1 saturated heterocycles. The topological polar surface area (TPSA) is 145 Å². The van der Waals surface area contributed by atoms with Crippen LogP contribution in [0.4, 0.5) is 5.00 Å². The quantitative estimate of drug-likeness (QED) is 0.547. The molecule has 0 saturated carbocycles. The fourth-order valence-corrected chi connectivity index (χ4v) is 5.66. The lowest BCUT2D eigenvalue weighted by Crippen LogP contribution is -2.31. The molecule has 10 nitrogen and oxygen atoms in total. The van der Waals surface area contributed by atoms with Crippen molar-refractivity contribution >= 4 is 44.1 Å². The average Bonchev–Trinajstić information content (AvgIpc) is 3.45. The zero-order valence-corrected chi connectivity index (χ0v) is 19.1. The van der Waals surface area contributed by atoms with E-state index in [-0.39, 0.29) is 26.8 Å². The highest BCUT2D eigenvalue weighted by molar-refractivity contribution is 7.89.